The van der Waals surface area contributed by atoms with E-state index < -0.39 is 0 Å². The first-order valence-corrected chi connectivity index (χ1v) is 20.5. The lowest BCUT2D eigenvalue weighted by Crippen LogP contribution is -2.62. The van der Waals surface area contributed by atoms with Gasteiger partial charge in [-0.2, -0.15) is 23.5 Å². The van der Waals surface area contributed by atoms with Gasteiger partial charge in [-0.1, -0.05) is 44.9 Å². The van der Waals surface area contributed by atoms with E-state index in [2.05, 4.69) is 28.4 Å². The fourth-order valence-electron chi connectivity index (χ4n) is 13.1. The third-order valence-electron chi connectivity index (χ3n) is 14.6. The average Bonchev–Trinajstić information content (AvgIpc) is 3.58. The van der Waals surface area contributed by atoms with E-state index >= 15 is 0 Å². The summed E-state index contributed by atoms with van der Waals surface area (Å²) in [5.74, 6) is 5.61. The number of rotatable bonds is 2. The molecular weight excluding hydrogens is 527 g/mol. The van der Waals surface area contributed by atoms with E-state index in [0.717, 1.165) is 74.6 Å². The second-order valence-corrected chi connectivity index (χ2v) is 19.2. The van der Waals surface area contributed by atoms with Gasteiger partial charge in [-0.15, -0.1) is 0 Å². The Morgan fingerprint density at radius 1 is 0.425 bits per heavy atom. The lowest BCUT2D eigenvalue weighted by Gasteiger charge is -2.57. The Labute approximate surface area is 254 Å². The molecule has 0 aromatic heterocycles. The predicted octanol–water partition coefficient (Wildman–Crippen LogP) is 9.10. The number of ether oxygens (including phenoxy) is 1. The minimum Gasteiger partial charge on any atom is -0.374 e. The predicted molar refractivity (Wildman–Crippen MR) is 170 cm³/mol. The number of hydrogen-bond acceptors (Lipinski definition) is 4. The van der Waals surface area contributed by atoms with Crippen LogP contribution in [-0.2, 0) is 4.74 Å². The summed E-state index contributed by atoms with van der Waals surface area (Å²) in [4.78, 5) is 3.24. The maximum absolute atomic E-state index is 7.46. The molecule has 224 valence electrons. The molecule has 9 fully saturated rings. The molecule has 3 heterocycles. The van der Waals surface area contributed by atoms with E-state index in [9.17, 15) is 0 Å². The van der Waals surface area contributed by atoms with Crippen LogP contribution in [0, 0.1) is 35.5 Å². The molecule has 6 saturated carbocycles. The molecular formula is C36H57NOS2. The first-order chi connectivity index (χ1) is 19.8. The van der Waals surface area contributed by atoms with Gasteiger partial charge in [0.25, 0.3) is 0 Å². The van der Waals surface area contributed by atoms with Crippen LogP contribution in [-0.4, -0.2) is 56.2 Å². The van der Waals surface area contributed by atoms with E-state index in [0.29, 0.717) is 12.2 Å². The monoisotopic (exact) mass is 583 g/mol. The van der Waals surface area contributed by atoms with Crippen LogP contribution < -0.4 is 0 Å². The third-order valence-corrected chi connectivity index (χ3v) is 18.2. The molecule has 9 aliphatic rings. The second-order valence-electron chi connectivity index (χ2n) is 16.2. The smallest absolute Gasteiger partial charge is 0.0652 e. The van der Waals surface area contributed by atoms with Gasteiger partial charge in [0.15, 0.2) is 0 Å². The molecule has 2 nitrogen and oxygen atoms in total. The minimum atomic E-state index is 0.633. The highest BCUT2D eigenvalue weighted by Crippen LogP contribution is 2.62. The zero-order valence-corrected chi connectivity index (χ0v) is 26.8. The number of fused-ring (bicyclic) bond motifs is 9. The summed E-state index contributed by atoms with van der Waals surface area (Å²) in [5, 5.41) is 3.85. The van der Waals surface area contributed by atoms with Crippen molar-refractivity contribution in [3.63, 3.8) is 0 Å². The third kappa shape index (κ3) is 4.47. The van der Waals surface area contributed by atoms with Crippen LogP contribution in [0.2, 0.25) is 0 Å². The highest BCUT2D eigenvalue weighted by atomic mass is 32.2. The molecule has 0 bridgehead atoms. The highest BCUT2D eigenvalue weighted by Gasteiger charge is 2.60. The Balaban J connectivity index is 0.896. The summed E-state index contributed by atoms with van der Waals surface area (Å²) in [5.41, 5.74) is 0. The van der Waals surface area contributed by atoms with Crippen molar-refractivity contribution in [2.75, 3.05) is 0 Å². The first kappa shape index (κ1) is 27.0. The Hall–Kier alpha value is 0.620. The molecule has 0 radical (unpaired) electrons. The summed E-state index contributed by atoms with van der Waals surface area (Å²) in [6, 6.07) is 2.74. The average molecular weight is 584 g/mol. The summed E-state index contributed by atoms with van der Waals surface area (Å²) in [6.45, 7) is 0. The van der Waals surface area contributed by atoms with Crippen LogP contribution in [0.15, 0.2) is 0 Å². The van der Waals surface area contributed by atoms with E-state index in [4.69, 9.17) is 4.74 Å². The van der Waals surface area contributed by atoms with Crippen molar-refractivity contribution in [2.45, 2.75) is 186 Å². The number of thioether (sulfide) groups is 2. The Morgan fingerprint density at radius 2 is 1.02 bits per heavy atom. The van der Waals surface area contributed by atoms with Gasteiger partial charge < -0.3 is 4.74 Å². The lowest BCUT2D eigenvalue weighted by molar-refractivity contribution is -0.0771. The molecule has 0 spiro atoms. The standard InChI is InChI=1S/C36H57NOS2/c1-4-13-30-27(8-1)34-33(39-30)21-20-26-25-10-7-9-24(35(25)38-36(26)34)22-16-18-23(19-17-22)37-28-11-2-5-14-31(28)40-32-15-6-3-12-29(32)37/h22-36H,1-21H2. The maximum atomic E-state index is 7.46. The van der Waals surface area contributed by atoms with Gasteiger partial charge >= 0.3 is 0 Å². The first-order valence-electron chi connectivity index (χ1n) is 18.6. The largest absolute Gasteiger partial charge is 0.374 e. The van der Waals surface area contributed by atoms with Crippen LogP contribution in [0.25, 0.3) is 0 Å². The van der Waals surface area contributed by atoms with Gasteiger partial charge in [0, 0.05) is 45.0 Å². The topological polar surface area (TPSA) is 12.5 Å². The number of hydrogen-bond donors (Lipinski definition) is 0. The zero-order valence-electron chi connectivity index (χ0n) is 25.2. The Morgan fingerprint density at radius 3 is 1.80 bits per heavy atom. The summed E-state index contributed by atoms with van der Waals surface area (Å²) >= 11 is 4.90. The second kappa shape index (κ2) is 11.2. The van der Waals surface area contributed by atoms with E-state index in [-0.39, 0.29) is 0 Å². The van der Waals surface area contributed by atoms with Crippen molar-refractivity contribution in [1.29, 1.82) is 0 Å². The minimum absolute atomic E-state index is 0.633. The van der Waals surface area contributed by atoms with Crippen LogP contribution in [0.1, 0.15) is 135 Å². The molecule has 3 saturated heterocycles. The van der Waals surface area contributed by atoms with Crippen LogP contribution in [0.4, 0.5) is 0 Å². The van der Waals surface area contributed by atoms with E-state index in [1.54, 1.807) is 0 Å². The Bertz CT molecular complexity index is 883. The zero-order chi connectivity index (χ0) is 26.2. The molecule has 0 N–H and O–H groups in total. The summed E-state index contributed by atoms with van der Waals surface area (Å²) in [6.07, 6.45) is 32.9. The van der Waals surface area contributed by atoms with Crippen LogP contribution >= 0.6 is 23.5 Å². The summed E-state index contributed by atoms with van der Waals surface area (Å²) in [7, 11) is 0. The lowest BCUT2D eigenvalue weighted by atomic mass is 9.62. The molecule has 13 atom stereocenters. The van der Waals surface area contributed by atoms with Gasteiger partial charge in [-0.05, 0) is 119 Å². The van der Waals surface area contributed by atoms with Gasteiger partial charge in [-0.25, -0.2) is 0 Å². The van der Waals surface area contributed by atoms with E-state index in [1.807, 2.05) is 0 Å². The van der Waals surface area contributed by atoms with E-state index in [1.165, 1.54) is 135 Å². The normalized spacial score (nSPS) is 56.2. The van der Waals surface area contributed by atoms with Gasteiger partial charge in [0.1, 0.15) is 0 Å². The number of nitrogens with zero attached hydrogens (tertiary/aromatic N) is 1. The molecule has 6 aliphatic carbocycles. The molecule has 0 aromatic carbocycles. The molecule has 40 heavy (non-hydrogen) atoms. The molecule has 0 aromatic rings. The summed E-state index contributed by atoms with van der Waals surface area (Å²) < 4.78 is 7.46. The van der Waals surface area contributed by atoms with Crippen LogP contribution in [0.5, 0.6) is 0 Å². The van der Waals surface area contributed by atoms with Gasteiger partial charge in [0.05, 0.1) is 12.2 Å². The highest BCUT2D eigenvalue weighted by molar-refractivity contribution is 8.01. The van der Waals surface area contributed by atoms with Crippen molar-refractivity contribution < 1.29 is 4.74 Å². The molecule has 3 aliphatic heterocycles. The molecule has 9 rings (SSSR count). The fraction of sp³-hybridized carbons (Fsp3) is 1.00. The van der Waals surface area contributed by atoms with Crippen molar-refractivity contribution in [2.24, 2.45) is 35.5 Å². The Kier molecular flexibility index (Phi) is 7.56. The fourth-order valence-corrected chi connectivity index (χ4v) is 17.1. The molecule has 13 unspecified atom stereocenters. The van der Waals surface area contributed by atoms with Crippen LogP contribution in [0.3, 0.4) is 0 Å². The molecule has 4 heteroatoms. The van der Waals surface area contributed by atoms with Gasteiger partial charge in [-0.3, -0.25) is 4.90 Å². The maximum Gasteiger partial charge on any atom is 0.0652 e. The van der Waals surface area contributed by atoms with Crippen molar-refractivity contribution in [3.8, 4) is 0 Å². The molecule has 0 amide bonds. The van der Waals surface area contributed by atoms with Crippen molar-refractivity contribution in [1.82, 2.24) is 4.90 Å². The SMILES string of the molecule is C1CCC2C(C1)SC1CCC3C4CCCC(C5CCC(N6C7CCCCC7SC7CCCCC76)CC5)C4OC3C12. The van der Waals surface area contributed by atoms with Crippen molar-refractivity contribution in [3.05, 3.63) is 0 Å². The van der Waals surface area contributed by atoms with Gasteiger partial charge in [0.2, 0.25) is 0 Å². The van der Waals surface area contributed by atoms with Crippen molar-refractivity contribution >= 4 is 23.5 Å². The quantitative estimate of drug-likeness (QED) is 0.321.